The molecule has 1 aromatic carbocycles. The summed E-state index contributed by atoms with van der Waals surface area (Å²) in [6.07, 6.45) is 3.00. The number of benzene rings is 1. The van der Waals surface area contributed by atoms with Gasteiger partial charge in [0.2, 0.25) is 0 Å². The lowest BCUT2D eigenvalue weighted by molar-refractivity contribution is -0.142. The van der Waals surface area contributed by atoms with E-state index in [1.807, 2.05) is 25.3 Å². The van der Waals surface area contributed by atoms with Gasteiger partial charge in [-0.05, 0) is 54.6 Å². The smallest absolute Gasteiger partial charge is 0.331 e. The Labute approximate surface area is 143 Å². The molecule has 1 heterocycles. The summed E-state index contributed by atoms with van der Waals surface area (Å²) in [4.78, 5) is 24.4. The van der Waals surface area contributed by atoms with Gasteiger partial charge in [-0.1, -0.05) is 17.7 Å². The SMILES string of the molecule is Cc1ccc(Cl)cc1NC(=O)COC(=O)/C=C/c1sccc1C. The standard InChI is InChI=1S/C17H16ClNO3S/c1-11-3-4-13(18)9-14(11)19-16(20)10-22-17(21)6-5-15-12(2)7-8-23-15/h3-9H,10H2,1-2H3,(H,19,20)/b6-5+. The molecule has 0 aliphatic heterocycles. The number of rotatable bonds is 5. The largest absolute Gasteiger partial charge is 0.452 e. The number of esters is 1. The Bertz CT molecular complexity index is 752. The highest BCUT2D eigenvalue weighted by Crippen LogP contribution is 2.20. The number of ether oxygens (including phenoxy) is 1. The second-order valence-corrected chi connectivity index (χ2v) is 6.30. The number of amides is 1. The molecule has 0 bridgehead atoms. The average Bonchev–Trinajstić information content (AvgIpc) is 2.92. The van der Waals surface area contributed by atoms with Crippen molar-refractivity contribution in [1.82, 2.24) is 0 Å². The van der Waals surface area contributed by atoms with Crippen LogP contribution in [0.3, 0.4) is 0 Å². The van der Waals surface area contributed by atoms with Gasteiger partial charge in [0.25, 0.3) is 5.91 Å². The van der Waals surface area contributed by atoms with Crippen molar-refractivity contribution >= 4 is 46.6 Å². The highest BCUT2D eigenvalue weighted by molar-refractivity contribution is 7.11. The van der Waals surface area contributed by atoms with Gasteiger partial charge in [0.05, 0.1) is 0 Å². The minimum Gasteiger partial charge on any atom is -0.452 e. The first-order chi connectivity index (χ1) is 11.0. The molecule has 0 aliphatic rings. The van der Waals surface area contributed by atoms with Crippen LogP contribution in [0.1, 0.15) is 16.0 Å². The topological polar surface area (TPSA) is 55.4 Å². The molecule has 1 amide bonds. The molecule has 0 saturated carbocycles. The van der Waals surface area contributed by atoms with Gasteiger partial charge in [0, 0.05) is 21.7 Å². The molecule has 2 rings (SSSR count). The molecule has 0 saturated heterocycles. The Morgan fingerprint density at radius 2 is 2.04 bits per heavy atom. The van der Waals surface area contributed by atoms with E-state index in [9.17, 15) is 9.59 Å². The number of hydrogen-bond donors (Lipinski definition) is 1. The molecule has 1 N–H and O–H groups in total. The van der Waals surface area contributed by atoms with Crippen molar-refractivity contribution in [2.75, 3.05) is 11.9 Å². The number of hydrogen-bond acceptors (Lipinski definition) is 4. The van der Waals surface area contributed by atoms with Crippen LogP contribution < -0.4 is 5.32 Å². The summed E-state index contributed by atoms with van der Waals surface area (Å²) in [6, 6.07) is 7.16. The fourth-order valence-corrected chi connectivity index (χ4v) is 2.79. The maximum absolute atomic E-state index is 11.8. The van der Waals surface area contributed by atoms with E-state index in [1.54, 1.807) is 24.3 Å². The van der Waals surface area contributed by atoms with Crippen molar-refractivity contribution in [2.45, 2.75) is 13.8 Å². The molecule has 0 radical (unpaired) electrons. The maximum Gasteiger partial charge on any atom is 0.331 e. The number of carbonyl (C=O) groups excluding carboxylic acids is 2. The van der Waals surface area contributed by atoms with Crippen LogP contribution in [-0.4, -0.2) is 18.5 Å². The van der Waals surface area contributed by atoms with Crippen LogP contribution in [0.15, 0.2) is 35.7 Å². The van der Waals surface area contributed by atoms with Crippen molar-refractivity contribution in [1.29, 1.82) is 0 Å². The minimum atomic E-state index is -0.559. The fraction of sp³-hybridized carbons (Fsp3) is 0.176. The van der Waals surface area contributed by atoms with Gasteiger partial charge in [0.1, 0.15) is 0 Å². The quantitative estimate of drug-likeness (QED) is 0.649. The first-order valence-corrected chi connectivity index (χ1v) is 8.16. The molecule has 0 atom stereocenters. The van der Waals surface area contributed by atoms with Crippen LogP contribution >= 0.6 is 22.9 Å². The molecule has 0 fully saturated rings. The molecule has 6 heteroatoms. The first kappa shape index (κ1) is 17.2. The van der Waals surface area contributed by atoms with Crippen LogP contribution in [0, 0.1) is 13.8 Å². The maximum atomic E-state index is 11.8. The number of thiophene rings is 1. The summed E-state index contributed by atoms with van der Waals surface area (Å²) in [5.74, 6) is -0.972. The lowest BCUT2D eigenvalue weighted by Gasteiger charge is -2.08. The second kappa shape index (κ2) is 7.94. The van der Waals surface area contributed by atoms with E-state index in [-0.39, 0.29) is 6.61 Å². The summed E-state index contributed by atoms with van der Waals surface area (Å²) in [6.45, 7) is 3.46. The van der Waals surface area contributed by atoms with E-state index >= 15 is 0 Å². The summed E-state index contributed by atoms with van der Waals surface area (Å²) >= 11 is 7.42. The molecule has 0 spiro atoms. The third-order valence-corrected chi connectivity index (χ3v) is 4.31. The molecule has 23 heavy (non-hydrogen) atoms. The Hall–Kier alpha value is -2.11. The van der Waals surface area contributed by atoms with Crippen LogP contribution in [0.5, 0.6) is 0 Å². The highest BCUT2D eigenvalue weighted by Gasteiger charge is 2.08. The van der Waals surface area contributed by atoms with E-state index in [0.717, 1.165) is 16.0 Å². The molecule has 0 aliphatic carbocycles. The number of nitrogens with one attached hydrogen (secondary N) is 1. The summed E-state index contributed by atoms with van der Waals surface area (Å²) < 4.78 is 4.92. The van der Waals surface area contributed by atoms with Crippen molar-refractivity contribution in [3.63, 3.8) is 0 Å². The Morgan fingerprint density at radius 3 is 2.74 bits per heavy atom. The summed E-state index contributed by atoms with van der Waals surface area (Å²) in [5, 5.41) is 5.13. The van der Waals surface area contributed by atoms with Crippen LogP contribution in [-0.2, 0) is 14.3 Å². The first-order valence-electron chi connectivity index (χ1n) is 6.90. The molecule has 1 aromatic heterocycles. The van der Waals surface area contributed by atoms with Crippen molar-refractivity contribution in [2.24, 2.45) is 0 Å². The predicted molar refractivity (Wildman–Crippen MR) is 93.9 cm³/mol. The number of halogens is 1. The number of anilines is 1. The van der Waals surface area contributed by atoms with E-state index in [1.165, 1.54) is 17.4 Å². The molecule has 4 nitrogen and oxygen atoms in total. The normalized spacial score (nSPS) is 10.7. The van der Waals surface area contributed by atoms with Crippen molar-refractivity contribution in [3.05, 3.63) is 56.7 Å². The van der Waals surface area contributed by atoms with Crippen molar-refractivity contribution in [3.8, 4) is 0 Å². The lowest BCUT2D eigenvalue weighted by atomic mass is 10.2. The van der Waals surface area contributed by atoms with Gasteiger partial charge in [0.15, 0.2) is 6.61 Å². The van der Waals surface area contributed by atoms with Gasteiger partial charge in [-0.3, -0.25) is 4.79 Å². The zero-order valence-corrected chi connectivity index (χ0v) is 14.3. The van der Waals surface area contributed by atoms with Gasteiger partial charge < -0.3 is 10.1 Å². The van der Waals surface area contributed by atoms with E-state index in [2.05, 4.69) is 5.32 Å². The van der Waals surface area contributed by atoms with Gasteiger partial charge >= 0.3 is 5.97 Å². The average molecular weight is 350 g/mol. The zero-order valence-electron chi connectivity index (χ0n) is 12.8. The predicted octanol–water partition coefficient (Wildman–Crippen LogP) is 4.21. The Morgan fingerprint density at radius 1 is 1.26 bits per heavy atom. The fourth-order valence-electron chi connectivity index (χ4n) is 1.80. The Kier molecular flexibility index (Phi) is 5.96. The molecule has 2 aromatic rings. The third kappa shape index (κ3) is 5.23. The summed E-state index contributed by atoms with van der Waals surface area (Å²) in [5.41, 5.74) is 2.57. The molecular weight excluding hydrogens is 334 g/mol. The second-order valence-electron chi connectivity index (χ2n) is 4.92. The third-order valence-electron chi connectivity index (χ3n) is 3.09. The number of aryl methyl sites for hydroxylation is 2. The van der Waals surface area contributed by atoms with E-state index in [4.69, 9.17) is 16.3 Å². The number of carbonyl (C=O) groups is 2. The van der Waals surface area contributed by atoms with Crippen LogP contribution in [0.4, 0.5) is 5.69 Å². The molecule has 120 valence electrons. The van der Waals surface area contributed by atoms with Gasteiger partial charge in [-0.2, -0.15) is 0 Å². The monoisotopic (exact) mass is 349 g/mol. The molecular formula is C17H16ClNO3S. The minimum absolute atomic E-state index is 0.349. The Balaban J connectivity index is 1.84. The molecule has 0 unspecified atom stereocenters. The van der Waals surface area contributed by atoms with Gasteiger partial charge in [-0.15, -0.1) is 11.3 Å². The lowest BCUT2D eigenvalue weighted by Crippen LogP contribution is -2.20. The van der Waals surface area contributed by atoms with Gasteiger partial charge in [-0.25, -0.2) is 4.79 Å². The highest BCUT2D eigenvalue weighted by atomic mass is 35.5. The zero-order chi connectivity index (χ0) is 16.8. The summed E-state index contributed by atoms with van der Waals surface area (Å²) in [7, 11) is 0. The van der Waals surface area contributed by atoms with E-state index < -0.39 is 11.9 Å². The van der Waals surface area contributed by atoms with Crippen LogP contribution in [0.25, 0.3) is 6.08 Å². The van der Waals surface area contributed by atoms with Crippen molar-refractivity contribution < 1.29 is 14.3 Å². The van der Waals surface area contributed by atoms with E-state index in [0.29, 0.717) is 10.7 Å². The van der Waals surface area contributed by atoms with Crippen LogP contribution in [0.2, 0.25) is 5.02 Å².